The molecule has 0 aliphatic carbocycles. The van der Waals surface area contributed by atoms with Gasteiger partial charge in [-0.25, -0.2) is 4.39 Å². The molecule has 0 bridgehead atoms. The Bertz CT molecular complexity index is 151. The monoisotopic (exact) mass is 161 g/mol. The van der Waals surface area contributed by atoms with Gasteiger partial charge in [-0.1, -0.05) is 0 Å². The van der Waals surface area contributed by atoms with Gasteiger partial charge in [-0.15, -0.1) is 0 Å². The van der Waals surface area contributed by atoms with Crippen LogP contribution in [0.25, 0.3) is 0 Å². The maximum Gasteiger partial charge on any atom is 0.322 e. The average molecular weight is 161 g/mol. The number of halogens is 1. The zero-order valence-electron chi connectivity index (χ0n) is 6.47. The van der Waals surface area contributed by atoms with E-state index in [0.717, 1.165) is 0 Å². The molecule has 4 heteroatoms. The van der Waals surface area contributed by atoms with Crippen molar-refractivity contribution in [3.8, 4) is 0 Å². The molecule has 0 spiro atoms. The van der Waals surface area contributed by atoms with Gasteiger partial charge in [0.1, 0.15) is 12.2 Å². The molecule has 0 aromatic carbocycles. The fourth-order valence-corrected chi connectivity index (χ4v) is 1.19. The third-order valence-corrected chi connectivity index (χ3v) is 1.83. The highest BCUT2D eigenvalue weighted by Gasteiger charge is 2.26. The standard InChI is InChI=1S/C7H12FNO2/c1-11-7(10)6-4-5(8)2-3-9-6/h5-6,9H,2-4H2,1H3/t5-,6+/m1/s1. The summed E-state index contributed by atoms with van der Waals surface area (Å²) in [6.45, 7) is 0.556. The zero-order valence-corrected chi connectivity index (χ0v) is 6.47. The topological polar surface area (TPSA) is 38.3 Å². The number of alkyl halides is 1. The number of piperidine rings is 1. The smallest absolute Gasteiger partial charge is 0.322 e. The fraction of sp³-hybridized carbons (Fsp3) is 0.857. The molecule has 0 aromatic heterocycles. The van der Waals surface area contributed by atoms with Gasteiger partial charge in [0, 0.05) is 6.42 Å². The Hall–Kier alpha value is -0.640. The van der Waals surface area contributed by atoms with E-state index < -0.39 is 12.2 Å². The molecule has 1 saturated heterocycles. The van der Waals surface area contributed by atoms with Gasteiger partial charge in [-0.3, -0.25) is 4.79 Å². The van der Waals surface area contributed by atoms with Crippen LogP contribution >= 0.6 is 0 Å². The summed E-state index contributed by atoms with van der Waals surface area (Å²) in [4.78, 5) is 10.9. The molecule has 11 heavy (non-hydrogen) atoms. The van der Waals surface area contributed by atoms with E-state index in [0.29, 0.717) is 13.0 Å². The van der Waals surface area contributed by atoms with Gasteiger partial charge < -0.3 is 10.1 Å². The van der Waals surface area contributed by atoms with E-state index in [-0.39, 0.29) is 12.4 Å². The maximum absolute atomic E-state index is 12.7. The Balaban J connectivity index is 2.39. The number of carbonyl (C=O) groups excluding carboxylic acids is 1. The number of rotatable bonds is 1. The molecule has 0 radical (unpaired) electrons. The first-order chi connectivity index (χ1) is 5.24. The first kappa shape index (κ1) is 8.46. The van der Waals surface area contributed by atoms with Crippen LogP contribution in [-0.2, 0) is 9.53 Å². The maximum atomic E-state index is 12.7. The highest BCUT2D eigenvalue weighted by Crippen LogP contribution is 2.12. The molecule has 64 valence electrons. The van der Waals surface area contributed by atoms with Crippen molar-refractivity contribution in [3.05, 3.63) is 0 Å². The lowest BCUT2D eigenvalue weighted by atomic mass is 10.0. The summed E-state index contributed by atoms with van der Waals surface area (Å²) >= 11 is 0. The summed E-state index contributed by atoms with van der Waals surface area (Å²) in [5.41, 5.74) is 0. The second kappa shape index (κ2) is 3.67. The lowest BCUT2D eigenvalue weighted by molar-refractivity contribution is -0.144. The normalized spacial score (nSPS) is 31.5. The van der Waals surface area contributed by atoms with Crippen LogP contribution in [-0.4, -0.2) is 31.8 Å². The first-order valence-corrected chi connectivity index (χ1v) is 3.69. The predicted molar refractivity (Wildman–Crippen MR) is 37.9 cm³/mol. The number of methoxy groups -OCH3 is 1. The Morgan fingerprint density at radius 2 is 2.45 bits per heavy atom. The van der Waals surface area contributed by atoms with Crippen LogP contribution in [0.5, 0.6) is 0 Å². The molecule has 0 saturated carbocycles. The van der Waals surface area contributed by atoms with Crippen molar-refractivity contribution in [2.45, 2.75) is 25.1 Å². The fourth-order valence-electron chi connectivity index (χ4n) is 1.19. The van der Waals surface area contributed by atoms with Gasteiger partial charge >= 0.3 is 5.97 Å². The van der Waals surface area contributed by atoms with Crippen molar-refractivity contribution in [2.75, 3.05) is 13.7 Å². The quantitative estimate of drug-likeness (QED) is 0.560. The van der Waals surface area contributed by atoms with Crippen molar-refractivity contribution >= 4 is 5.97 Å². The second-order valence-electron chi connectivity index (χ2n) is 2.65. The predicted octanol–water partition coefficient (Wildman–Crippen LogP) is 0.249. The summed E-state index contributed by atoms with van der Waals surface area (Å²) in [6.07, 6.45) is -0.125. The molecule has 0 amide bonds. The van der Waals surface area contributed by atoms with Crippen LogP contribution in [0.15, 0.2) is 0 Å². The van der Waals surface area contributed by atoms with Crippen molar-refractivity contribution in [1.82, 2.24) is 5.32 Å². The number of hydrogen-bond donors (Lipinski definition) is 1. The third-order valence-electron chi connectivity index (χ3n) is 1.83. The van der Waals surface area contributed by atoms with Gasteiger partial charge in [0.25, 0.3) is 0 Å². The summed E-state index contributed by atoms with van der Waals surface area (Å²) < 4.78 is 17.2. The molecule has 0 unspecified atom stereocenters. The van der Waals surface area contributed by atoms with E-state index in [1.54, 1.807) is 0 Å². The van der Waals surface area contributed by atoms with E-state index in [2.05, 4.69) is 10.1 Å². The number of esters is 1. The van der Waals surface area contributed by atoms with E-state index in [4.69, 9.17) is 0 Å². The van der Waals surface area contributed by atoms with Crippen LogP contribution in [0.2, 0.25) is 0 Å². The van der Waals surface area contributed by atoms with Crippen LogP contribution in [0.3, 0.4) is 0 Å². The molecule has 1 rings (SSSR count). The van der Waals surface area contributed by atoms with Crippen molar-refractivity contribution < 1.29 is 13.9 Å². The molecule has 3 nitrogen and oxygen atoms in total. The largest absolute Gasteiger partial charge is 0.468 e. The van der Waals surface area contributed by atoms with Crippen molar-refractivity contribution in [3.63, 3.8) is 0 Å². The van der Waals surface area contributed by atoms with E-state index in [1.807, 2.05) is 0 Å². The van der Waals surface area contributed by atoms with Gasteiger partial charge in [0.2, 0.25) is 0 Å². The van der Waals surface area contributed by atoms with E-state index in [9.17, 15) is 9.18 Å². The van der Waals surface area contributed by atoms with E-state index >= 15 is 0 Å². The SMILES string of the molecule is COC(=O)[C@@H]1C[C@H](F)CCN1. The average Bonchev–Trinajstić information content (AvgIpc) is 2.03. The molecule has 1 heterocycles. The minimum atomic E-state index is -0.861. The summed E-state index contributed by atoms with van der Waals surface area (Å²) in [5.74, 6) is -0.368. The lowest BCUT2D eigenvalue weighted by Crippen LogP contribution is -2.44. The molecule has 0 aromatic rings. The van der Waals surface area contributed by atoms with E-state index in [1.165, 1.54) is 7.11 Å². The van der Waals surface area contributed by atoms with Crippen molar-refractivity contribution in [1.29, 1.82) is 0 Å². The highest BCUT2D eigenvalue weighted by molar-refractivity contribution is 5.75. The summed E-state index contributed by atoms with van der Waals surface area (Å²) in [7, 11) is 1.31. The van der Waals surface area contributed by atoms with Gasteiger partial charge in [0.05, 0.1) is 7.11 Å². The molecule has 1 aliphatic heterocycles. The van der Waals surface area contributed by atoms with Gasteiger partial charge in [-0.05, 0) is 13.0 Å². The Kier molecular flexibility index (Phi) is 2.82. The number of carbonyl (C=O) groups is 1. The minimum Gasteiger partial charge on any atom is -0.468 e. The first-order valence-electron chi connectivity index (χ1n) is 3.69. The van der Waals surface area contributed by atoms with Crippen LogP contribution < -0.4 is 5.32 Å². The number of ether oxygens (including phenoxy) is 1. The van der Waals surface area contributed by atoms with Crippen LogP contribution in [0, 0.1) is 0 Å². The molecule has 1 fully saturated rings. The van der Waals surface area contributed by atoms with Crippen molar-refractivity contribution in [2.24, 2.45) is 0 Å². The molecular formula is C7H12FNO2. The zero-order chi connectivity index (χ0) is 8.27. The van der Waals surface area contributed by atoms with Gasteiger partial charge in [-0.2, -0.15) is 0 Å². The van der Waals surface area contributed by atoms with Crippen LogP contribution in [0.4, 0.5) is 4.39 Å². The summed E-state index contributed by atoms with van der Waals surface area (Å²) in [6, 6.07) is -0.441. The molecular weight excluding hydrogens is 149 g/mol. The summed E-state index contributed by atoms with van der Waals surface area (Å²) in [5, 5.41) is 2.89. The molecule has 1 N–H and O–H groups in total. The Labute approximate surface area is 64.9 Å². The Morgan fingerprint density at radius 1 is 1.73 bits per heavy atom. The highest BCUT2D eigenvalue weighted by atomic mass is 19.1. The van der Waals surface area contributed by atoms with Crippen LogP contribution in [0.1, 0.15) is 12.8 Å². The number of hydrogen-bond acceptors (Lipinski definition) is 3. The second-order valence-corrected chi connectivity index (χ2v) is 2.65. The Morgan fingerprint density at radius 3 is 3.00 bits per heavy atom. The third kappa shape index (κ3) is 2.15. The van der Waals surface area contributed by atoms with Gasteiger partial charge in [0.15, 0.2) is 0 Å². The molecule has 1 aliphatic rings. The minimum absolute atomic E-state index is 0.243. The number of nitrogens with one attached hydrogen (secondary N) is 1. The molecule has 2 atom stereocenters. The lowest BCUT2D eigenvalue weighted by Gasteiger charge is -2.23.